The van der Waals surface area contributed by atoms with Gasteiger partial charge in [0.15, 0.2) is 0 Å². The average Bonchev–Trinajstić information content (AvgIpc) is 2.75. The lowest BCUT2D eigenvalue weighted by Gasteiger charge is -2.13. The lowest BCUT2D eigenvalue weighted by molar-refractivity contribution is 0.0949. The van der Waals surface area contributed by atoms with Gasteiger partial charge in [-0.2, -0.15) is 0 Å². The van der Waals surface area contributed by atoms with E-state index in [0.29, 0.717) is 24.6 Å². The molecule has 1 aliphatic carbocycles. The molecular formula is C22H28N4O2. The van der Waals surface area contributed by atoms with Crippen LogP contribution in [0, 0.1) is 0 Å². The second-order valence-electron chi connectivity index (χ2n) is 6.93. The van der Waals surface area contributed by atoms with E-state index in [-0.39, 0.29) is 5.91 Å². The monoisotopic (exact) mass is 380 g/mol. The van der Waals surface area contributed by atoms with Gasteiger partial charge < -0.3 is 15.4 Å². The Hall–Kier alpha value is -2.89. The second kappa shape index (κ2) is 10.4. The quantitative estimate of drug-likeness (QED) is 0.648. The molecule has 28 heavy (non-hydrogen) atoms. The molecule has 0 fully saturated rings. The predicted octanol–water partition coefficient (Wildman–Crippen LogP) is 3.76. The maximum atomic E-state index is 12.3. The fraction of sp³-hybridized carbons (Fsp3) is 0.409. The highest BCUT2D eigenvalue weighted by Crippen LogP contribution is 2.19. The Balaban J connectivity index is 1.46. The zero-order valence-corrected chi connectivity index (χ0v) is 16.4. The van der Waals surface area contributed by atoms with Crippen molar-refractivity contribution >= 4 is 11.7 Å². The van der Waals surface area contributed by atoms with Crippen molar-refractivity contribution in [3.05, 3.63) is 59.6 Å². The van der Waals surface area contributed by atoms with Crippen LogP contribution in [0.2, 0.25) is 0 Å². The predicted molar refractivity (Wildman–Crippen MR) is 111 cm³/mol. The lowest BCUT2D eigenvalue weighted by Crippen LogP contribution is -2.26. The third kappa shape index (κ3) is 6.08. The fourth-order valence-corrected chi connectivity index (χ4v) is 3.30. The van der Waals surface area contributed by atoms with E-state index < -0.39 is 0 Å². The van der Waals surface area contributed by atoms with Crippen molar-refractivity contribution in [3.8, 4) is 5.75 Å². The van der Waals surface area contributed by atoms with E-state index in [4.69, 9.17) is 4.74 Å². The summed E-state index contributed by atoms with van der Waals surface area (Å²) in [5, 5.41) is 6.21. The average molecular weight is 380 g/mol. The van der Waals surface area contributed by atoms with Crippen molar-refractivity contribution < 1.29 is 9.53 Å². The number of rotatable bonds is 9. The number of ether oxygens (including phenoxy) is 1. The number of hydrogen-bond acceptors (Lipinski definition) is 5. The molecule has 0 atom stereocenters. The highest BCUT2D eigenvalue weighted by molar-refractivity contribution is 5.92. The number of methoxy groups -OCH3 is 1. The highest BCUT2D eigenvalue weighted by atomic mass is 16.5. The first-order chi connectivity index (χ1) is 13.7. The van der Waals surface area contributed by atoms with Gasteiger partial charge in [0.25, 0.3) is 5.91 Å². The van der Waals surface area contributed by atoms with Crippen LogP contribution in [0.25, 0.3) is 0 Å². The Labute approximate surface area is 166 Å². The number of hydrogen-bond donors (Lipinski definition) is 2. The third-order valence-electron chi connectivity index (χ3n) is 4.87. The number of allylic oxidation sites excluding steroid dienone is 1. The summed E-state index contributed by atoms with van der Waals surface area (Å²) in [6.07, 6.45) is 10.4. The zero-order valence-electron chi connectivity index (χ0n) is 16.4. The molecule has 0 radical (unpaired) electrons. The highest BCUT2D eigenvalue weighted by Gasteiger charge is 2.09. The van der Waals surface area contributed by atoms with Crippen LogP contribution >= 0.6 is 0 Å². The van der Waals surface area contributed by atoms with Crippen molar-refractivity contribution in [2.45, 2.75) is 38.5 Å². The van der Waals surface area contributed by atoms with E-state index in [9.17, 15) is 4.79 Å². The molecule has 6 heteroatoms. The smallest absolute Gasteiger partial charge is 0.270 e. The van der Waals surface area contributed by atoms with Crippen molar-refractivity contribution in [1.82, 2.24) is 15.3 Å². The molecular weight excluding hydrogens is 352 g/mol. The summed E-state index contributed by atoms with van der Waals surface area (Å²) in [4.78, 5) is 20.6. The van der Waals surface area contributed by atoms with Crippen molar-refractivity contribution in [2.24, 2.45) is 0 Å². The number of carbonyl (C=O) groups excluding carboxylic acids is 1. The Kier molecular flexibility index (Phi) is 7.41. The summed E-state index contributed by atoms with van der Waals surface area (Å²) < 4.78 is 5.24. The number of nitrogens with zero attached hydrogens (tertiary/aromatic N) is 2. The molecule has 1 heterocycles. The normalized spacial score (nSPS) is 13.5. The SMILES string of the molecule is COc1cccc(CCNc2cc(C(=O)NCCC3=CCCCC3)ncn2)c1. The molecule has 6 nitrogen and oxygen atoms in total. The molecule has 1 aromatic carbocycles. The van der Waals surface area contributed by atoms with E-state index in [0.717, 1.165) is 25.0 Å². The fourth-order valence-electron chi connectivity index (χ4n) is 3.30. The van der Waals surface area contributed by atoms with E-state index >= 15 is 0 Å². The van der Waals surface area contributed by atoms with Gasteiger partial charge in [0.2, 0.25) is 0 Å². The molecule has 0 bridgehead atoms. The van der Waals surface area contributed by atoms with Crippen LogP contribution < -0.4 is 15.4 Å². The molecule has 0 saturated carbocycles. The van der Waals surface area contributed by atoms with Gasteiger partial charge in [-0.25, -0.2) is 9.97 Å². The molecule has 0 spiro atoms. The van der Waals surface area contributed by atoms with Crippen molar-refractivity contribution in [3.63, 3.8) is 0 Å². The minimum Gasteiger partial charge on any atom is -0.497 e. The van der Waals surface area contributed by atoms with Gasteiger partial charge in [-0.05, 0) is 56.2 Å². The Morgan fingerprint density at radius 2 is 2.07 bits per heavy atom. The molecule has 1 aliphatic rings. The lowest BCUT2D eigenvalue weighted by atomic mass is 9.97. The molecule has 2 N–H and O–H groups in total. The Morgan fingerprint density at radius 1 is 1.14 bits per heavy atom. The van der Waals surface area contributed by atoms with Gasteiger partial charge in [0.1, 0.15) is 23.6 Å². The summed E-state index contributed by atoms with van der Waals surface area (Å²) >= 11 is 0. The summed E-state index contributed by atoms with van der Waals surface area (Å²) in [6.45, 7) is 1.35. The standard InChI is InChI=1S/C22H28N4O2/c1-28-19-9-5-8-18(14-19)11-12-23-21-15-20(25-16-26-21)22(27)24-13-10-17-6-3-2-4-7-17/h5-6,8-9,14-16H,2-4,7,10-13H2,1H3,(H,24,27)(H,23,25,26). The van der Waals surface area contributed by atoms with Gasteiger partial charge in [-0.15, -0.1) is 0 Å². The van der Waals surface area contributed by atoms with E-state index in [1.807, 2.05) is 18.2 Å². The maximum Gasteiger partial charge on any atom is 0.270 e. The first kappa shape index (κ1) is 19.9. The van der Waals surface area contributed by atoms with Gasteiger partial charge in [-0.1, -0.05) is 23.8 Å². The molecule has 3 rings (SSSR count). The van der Waals surface area contributed by atoms with Crippen LogP contribution in [0.3, 0.4) is 0 Å². The number of benzene rings is 1. The first-order valence-electron chi connectivity index (χ1n) is 9.89. The molecule has 1 amide bonds. The summed E-state index contributed by atoms with van der Waals surface area (Å²) in [7, 11) is 1.66. The minimum atomic E-state index is -0.158. The van der Waals surface area contributed by atoms with Gasteiger partial charge in [0, 0.05) is 19.2 Å². The third-order valence-corrected chi connectivity index (χ3v) is 4.87. The number of amides is 1. The molecule has 1 aromatic heterocycles. The zero-order chi connectivity index (χ0) is 19.6. The van der Waals surface area contributed by atoms with Gasteiger partial charge in [-0.3, -0.25) is 4.79 Å². The minimum absolute atomic E-state index is 0.158. The number of carbonyl (C=O) groups is 1. The maximum absolute atomic E-state index is 12.3. The van der Waals surface area contributed by atoms with E-state index in [1.165, 1.54) is 36.7 Å². The molecule has 0 saturated heterocycles. The second-order valence-corrected chi connectivity index (χ2v) is 6.93. The first-order valence-corrected chi connectivity index (χ1v) is 9.89. The Bertz CT molecular complexity index is 820. The van der Waals surface area contributed by atoms with Crippen molar-refractivity contribution in [2.75, 3.05) is 25.5 Å². The number of nitrogens with one attached hydrogen (secondary N) is 2. The summed E-state index contributed by atoms with van der Waals surface area (Å²) in [5.74, 6) is 1.34. The topological polar surface area (TPSA) is 76.1 Å². The van der Waals surface area contributed by atoms with Gasteiger partial charge in [0.05, 0.1) is 7.11 Å². The largest absolute Gasteiger partial charge is 0.497 e. The van der Waals surface area contributed by atoms with E-state index in [2.05, 4.69) is 32.7 Å². The molecule has 148 valence electrons. The van der Waals surface area contributed by atoms with Gasteiger partial charge >= 0.3 is 0 Å². The summed E-state index contributed by atoms with van der Waals surface area (Å²) in [5.41, 5.74) is 3.02. The van der Waals surface area contributed by atoms with Crippen LogP contribution in [0.4, 0.5) is 5.82 Å². The van der Waals surface area contributed by atoms with Crippen LogP contribution in [-0.4, -0.2) is 36.1 Å². The summed E-state index contributed by atoms with van der Waals surface area (Å²) in [6, 6.07) is 9.68. The molecule has 0 unspecified atom stereocenters. The number of aromatic nitrogens is 2. The molecule has 2 aromatic rings. The van der Waals surface area contributed by atoms with E-state index in [1.54, 1.807) is 13.2 Å². The molecule has 0 aliphatic heterocycles. The van der Waals surface area contributed by atoms with Crippen LogP contribution in [0.1, 0.15) is 48.2 Å². The van der Waals surface area contributed by atoms with Crippen LogP contribution in [0.5, 0.6) is 5.75 Å². The Morgan fingerprint density at radius 3 is 2.89 bits per heavy atom. The van der Waals surface area contributed by atoms with Crippen LogP contribution in [0.15, 0.2) is 48.3 Å². The number of anilines is 1. The van der Waals surface area contributed by atoms with Crippen LogP contribution in [-0.2, 0) is 6.42 Å². The van der Waals surface area contributed by atoms with Crippen molar-refractivity contribution in [1.29, 1.82) is 0 Å².